The first-order valence-electron chi connectivity index (χ1n) is 7.14. The van der Waals surface area contributed by atoms with Gasteiger partial charge >= 0.3 is 0 Å². The van der Waals surface area contributed by atoms with Gasteiger partial charge in [0, 0.05) is 6.42 Å². The molecule has 1 aromatic rings. The van der Waals surface area contributed by atoms with E-state index in [0.717, 1.165) is 13.0 Å². The van der Waals surface area contributed by atoms with Crippen molar-refractivity contribution in [2.75, 3.05) is 6.61 Å². The molecule has 3 heteroatoms. The summed E-state index contributed by atoms with van der Waals surface area (Å²) in [5, 5.41) is 0.241. The van der Waals surface area contributed by atoms with Crippen molar-refractivity contribution in [3.05, 3.63) is 35.9 Å². The average Bonchev–Trinajstić information content (AvgIpc) is 3.11. The molecule has 1 aliphatic rings. The SMILES string of the molecule is CC(C)(C)[Si](C)(C)O[C@@H](C[C@@H]1CO1)c1ccccc1. The van der Waals surface area contributed by atoms with Crippen LogP contribution >= 0.6 is 0 Å². The zero-order valence-electron chi connectivity index (χ0n) is 12.8. The predicted molar refractivity (Wildman–Crippen MR) is 81.8 cm³/mol. The summed E-state index contributed by atoms with van der Waals surface area (Å²) >= 11 is 0. The molecular weight excluding hydrogens is 252 g/mol. The highest BCUT2D eigenvalue weighted by molar-refractivity contribution is 6.74. The van der Waals surface area contributed by atoms with E-state index in [1.54, 1.807) is 0 Å². The van der Waals surface area contributed by atoms with Gasteiger partial charge in [0.25, 0.3) is 0 Å². The molecule has 1 saturated heterocycles. The van der Waals surface area contributed by atoms with Crippen molar-refractivity contribution >= 4 is 8.32 Å². The van der Waals surface area contributed by atoms with Crippen LogP contribution in [0.5, 0.6) is 0 Å². The van der Waals surface area contributed by atoms with Gasteiger partial charge in [-0.15, -0.1) is 0 Å². The Bertz CT molecular complexity index is 405. The van der Waals surface area contributed by atoms with Gasteiger partial charge in [0.1, 0.15) is 0 Å². The third kappa shape index (κ3) is 3.91. The molecule has 1 aromatic carbocycles. The fourth-order valence-electron chi connectivity index (χ4n) is 1.90. The fraction of sp³-hybridized carbons (Fsp3) is 0.625. The second-order valence-corrected chi connectivity index (χ2v) is 11.7. The van der Waals surface area contributed by atoms with Crippen LogP contribution in [-0.4, -0.2) is 21.0 Å². The van der Waals surface area contributed by atoms with E-state index in [4.69, 9.17) is 9.16 Å². The summed E-state index contributed by atoms with van der Waals surface area (Å²) in [4.78, 5) is 0. The number of rotatable bonds is 5. The second-order valence-electron chi connectivity index (χ2n) is 6.97. The monoisotopic (exact) mass is 278 g/mol. The summed E-state index contributed by atoms with van der Waals surface area (Å²) in [5.74, 6) is 0. The molecule has 0 radical (unpaired) electrons. The Hall–Kier alpha value is -0.643. The molecule has 0 unspecified atom stereocenters. The maximum Gasteiger partial charge on any atom is 0.192 e. The molecule has 19 heavy (non-hydrogen) atoms. The third-order valence-electron chi connectivity index (χ3n) is 4.29. The van der Waals surface area contributed by atoms with Gasteiger partial charge in [-0.05, 0) is 23.7 Å². The van der Waals surface area contributed by atoms with E-state index in [-0.39, 0.29) is 11.1 Å². The summed E-state index contributed by atoms with van der Waals surface area (Å²) in [6.45, 7) is 12.4. The van der Waals surface area contributed by atoms with Crippen molar-refractivity contribution in [1.82, 2.24) is 0 Å². The maximum absolute atomic E-state index is 6.60. The Morgan fingerprint density at radius 3 is 2.32 bits per heavy atom. The summed E-state index contributed by atoms with van der Waals surface area (Å²) < 4.78 is 12.0. The van der Waals surface area contributed by atoms with Gasteiger partial charge in [0.2, 0.25) is 0 Å². The highest BCUT2D eigenvalue weighted by Crippen LogP contribution is 2.41. The van der Waals surface area contributed by atoms with Crippen LogP contribution in [0.1, 0.15) is 38.9 Å². The highest BCUT2D eigenvalue weighted by Gasteiger charge is 2.40. The van der Waals surface area contributed by atoms with Crippen LogP contribution < -0.4 is 0 Å². The standard InChI is InChI=1S/C16H26O2Si/c1-16(2,3)19(4,5)18-15(11-14-12-17-14)13-9-7-6-8-10-13/h6-10,14-15H,11-12H2,1-5H3/t14-,15+/m1/s1. The minimum Gasteiger partial charge on any atom is -0.410 e. The van der Waals surface area contributed by atoms with E-state index in [1.807, 2.05) is 0 Å². The van der Waals surface area contributed by atoms with Crippen molar-refractivity contribution in [3.63, 3.8) is 0 Å². The molecule has 1 heterocycles. The van der Waals surface area contributed by atoms with Gasteiger partial charge in [-0.1, -0.05) is 51.1 Å². The molecule has 0 aromatic heterocycles. The smallest absolute Gasteiger partial charge is 0.192 e. The van der Waals surface area contributed by atoms with Gasteiger partial charge < -0.3 is 9.16 Å². The van der Waals surface area contributed by atoms with Crippen LogP contribution in [0.2, 0.25) is 18.1 Å². The molecule has 2 rings (SSSR count). The quantitative estimate of drug-likeness (QED) is 0.582. The predicted octanol–water partition coefficient (Wildman–Crippen LogP) is 4.54. The molecule has 1 fully saturated rings. The first kappa shape index (κ1) is 14.8. The molecule has 0 amide bonds. The van der Waals surface area contributed by atoms with Gasteiger partial charge in [-0.3, -0.25) is 0 Å². The Labute approximate surface area is 118 Å². The first-order chi connectivity index (χ1) is 8.79. The molecule has 2 atom stereocenters. The largest absolute Gasteiger partial charge is 0.410 e. The third-order valence-corrected chi connectivity index (χ3v) is 8.78. The number of hydrogen-bond acceptors (Lipinski definition) is 2. The maximum atomic E-state index is 6.60. The van der Waals surface area contributed by atoms with Gasteiger partial charge in [-0.25, -0.2) is 0 Å². The minimum absolute atomic E-state index is 0.176. The summed E-state index contributed by atoms with van der Waals surface area (Å²) in [6.07, 6.45) is 1.56. The molecule has 2 nitrogen and oxygen atoms in total. The number of ether oxygens (including phenoxy) is 1. The van der Waals surface area contributed by atoms with E-state index in [2.05, 4.69) is 64.2 Å². The Kier molecular flexibility index (Phi) is 4.19. The van der Waals surface area contributed by atoms with Gasteiger partial charge in [0.15, 0.2) is 8.32 Å². The molecule has 0 N–H and O–H groups in total. The normalized spacial score (nSPS) is 21.2. The minimum atomic E-state index is -1.75. The van der Waals surface area contributed by atoms with E-state index in [9.17, 15) is 0 Å². The van der Waals surface area contributed by atoms with Gasteiger partial charge in [0.05, 0.1) is 18.8 Å². The Balaban J connectivity index is 2.14. The Morgan fingerprint density at radius 1 is 1.26 bits per heavy atom. The number of hydrogen-bond donors (Lipinski definition) is 0. The van der Waals surface area contributed by atoms with Gasteiger partial charge in [-0.2, -0.15) is 0 Å². The van der Waals surface area contributed by atoms with Crippen LogP contribution in [0.4, 0.5) is 0 Å². The summed E-state index contributed by atoms with van der Waals surface area (Å²) in [6, 6.07) is 10.6. The van der Waals surface area contributed by atoms with E-state index in [1.165, 1.54) is 5.56 Å². The summed E-state index contributed by atoms with van der Waals surface area (Å²) in [7, 11) is -1.75. The Morgan fingerprint density at radius 2 is 1.84 bits per heavy atom. The van der Waals surface area contributed by atoms with Crippen LogP contribution in [0, 0.1) is 0 Å². The van der Waals surface area contributed by atoms with E-state index < -0.39 is 8.32 Å². The van der Waals surface area contributed by atoms with Crippen LogP contribution in [0.3, 0.4) is 0 Å². The molecule has 0 bridgehead atoms. The molecule has 106 valence electrons. The molecular formula is C16H26O2Si. The van der Waals surface area contributed by atoms with Crippen LogP contribution in [0.15, 0.2) is 30.3 Å². The van der Waals surface area contributed by atoms with Crippen molar-refractivity contribution in [2.45, 2.75) is 57.5 Å². The van der Waals surface area contributed by atoms with Crippen molar-refractivity contribution < 1.29 is 9.16 Å². The fourth-order valence-corrected chi connectivity index (χ4v) is 3.19. The lowest BCUT2D eigenvalue weighted by Crippen LogP contribution is -2.42. The zero-order chi connectivity index (χ0) is 14.1. The van der Waals surface area contributed by atoms with E-state index >= 15 is 0 Å². The number of epoxide rings is 1. The highest BCUT2D eigenvalue weighted by atomic mass is 28.4. The zero-order valence-corrected chi connectivity index (χ0v) is 13.8. The van der Waals surface area contributed by atoms with E-state index in [0.29, 0.717) is 6.10 Å². The lowest BCUT2D eigenvalue weighted by Gasteiger charge is -2.39. The van der Waals surface area contributed by atoms with Crippen LogP contribution in [0.25, 0.3) is 0 Å². The van der Waals surface area contributed by atoms with Crippen molar-refractivity contribution in [1.29, 1.82) is 0 Å². The lowest BCUT2D eigenvalue weighted by molar-refractivity contribution is 0.160. The molecule has 0 spiro atoms. The lowest BCUT2D eigenvalue weighted by atomic mass is 10.1. The van der Waals surface area contributed by atoms with Crippen molar-refractivity contribution in [2.24, 2.45) is 0 Å². The molecule has 0 aliphatic carbocycles. The average molecular weight is 278 g/mol. The second kappa shape index (κ2) is 5.39. The van der Waals surface area contributed by atoms with Crippen LogP contribution in [-0.2, 0) is 9.16 Å². The topological polar surface area (TPSA) is 21.8 Å². The first-order valence-corrected chi connectivity index (χ1v) is 10.0. The number of benzene rings is 1. The molecule has 1 aliphatic heterocycles. The summed E-state index contributed by atoms with van der Waals surface area (Å²) in [5.41, 5.74) is 1.28. The molecule has 0 saturated carbocycles. The van der Waals surface area contributed by atoms with Crippen molar-refractivity contribution in [3.8, 4) is 0 Å².